The molecule has 3 rings (SSSR count). The van der Waals surface area contributed by atoms with Gasteiger partial charge in [0.15, 0.2) is 0 Å². The average Bonchev–Trinajstić information content (AvgIpc) is 2.69. The quantitative estimate of drug-likeness (QED) is 0.524. The van der Waals surface area contributed by atoms with Gasteiger partial charge in [-0.15, -0.1) is 0 Å². The predicted molar refractivity (Wildman–Crippen MR) is 112 cm³/mol. The molecule has 29 heavy (non-hydrogen) atoms. The van der Waals surface area contributed by atoms with Crippen molar-refractivity contribution in [3.05, 3.63) is 84.9 Å². The number of hydrogen-bond acceptors (Lipinski definition) is 5. The standard InChI is InChI=1S/C21H21N2O5P/c1-23(2)21(24)22-17-10-9-15-20(16-17)28-29(25,26-18-11-5-3-6-12-18)27-19-13-7-4-8-14-19/h3-16H,1-2H3,(H,22,24). The molecule has 0 bridgehead atoms. The van der Waals surface area contributed by atoms with Crippen LogP contribution in [-0.2, 0) is 4.57 Å². The number of anilines is 1. The fraction of sp³-hybridized carbons (Fsp3) is 0.0952. The van der Waals surface area contributed by atoms with Crippen molar-refractivity contribution in [3.63, 3.8) is 0 Å². The minimum Gasteiger partial charge on any atom is -0.386 e. The van der Waals surface area contributed by atoms with Crippen LogP contribution in [0.15, 0.2) is 84.9 Å². The van der Waals surface area contributed by atoms with Gasteiger partial charge in [-0.05, 0) is 36.4 Å². The summed E-state index contributed by atoms with van der Waals surface area (Å²) in [6, 6.07) is 23.4. The molecule has 0 aromatic heterocycles. The highest BCUT2D eigenvalue weighted by molar-refractivity contribution is 7.49. The molecular weight excluding hydrogens is 391 g/mol. The largest absolute Gasteiger partial charge is 0.647 e. The van der Waals surface area contributed by atoms with Crippen molar-refractivity contribution >= 4 is 19.5 Å². The van der Waals surface area contributed by atoms with Gasteiger partial charge in [-0.1, -0.05) is 42.5 Å². The highest BCUT2D eigenvalue weighted by Crippen LogP contribution is 2.49. The third kappa shape index (κ3) is 6.02. The summed E-state index contributed by atoms with van der Waals surface area (Å²) in [7, 11) is -0.821. The summed E-state index contributed by atoms with van der Waals surface area (Å²) in [5, 5.41) is 2.70. The lowest BCUT2D eigenvalue weighted by atomic mass is 10.3. The van der Waals surface area contributed by atoms with Gasteiger partial charge in [-0.3, -0.25) is 0 Å². The molecule has 0 spiro atoms. The summed E-state index contributed by atoms with van der Waals surface area (Å²) >= 11 is 0. The zero-order chi connectivity index (χ0) is 20.7. The van der Waals surface area contributed by atoms with Crippen LogP contribution in [-0.4, -0.2) is 25.0 Å². The van der Waals surface area contributed by atoms with E-state index in [1.165, 1.54) is 11.0 Å². The number of phosphoric ester groups is 1. The van der Waals surface area contributed by atoms with Gasteiger partial charge in [0.1, 0.15) is 17.2 Å². The molecule has 0 heterocycles. The van der Waals surface area contributed by atoms with Crippen molar-refractivity contribution in [2.45, 2.75) is 0 Å². The molecule has 8 heteroatoms. The van der Waals surface area contributed by atoms with Crippen molar-refractivity contribution < 1.29 is 22.9 Å². The number of para-hydroxylation sites is 2. The number of hydrogen-bond donors (Lipinski definition) is 1. The first-order chi connectivity index (χ1) is 13.9. The average molecular weight is 412 g/mol. The minimum absolute atomic E-state index is 0.219. The molecular formula is C21H21N2O5P. The van der Waals surface area contributed by atoms with Crippen LogP contribution in [0, 0.1) is 0 Å². The Morgan fingerprint density at radius 3 is 1.76 bits per heavy atom. The maximum Gasteiger partial charge on any atom is 0.647 e. The number of rotatable bonds is 7. The Morgan fingerprint density at radius 1 is 0.759 bits per heavy atom. The number of carbonyl (C=O) groups is 1. The van der Waals surface area contributed by atoms with Crippen LogP contribution in [0.3, 0.4) is 0 Å². The number of urea groups is 1. The maximum absolute atomic E-state index is 13.4. The molecule has 1 N–H and O–H groups in total. The number of benzene rings is 3. The first-order valence-corrected chi connectivity index (χ1v) is 10.3. The number of nitrogens with zero attached hydrogens (tertiary/aromatic N) is 1. The topological polar surface area (TPSA) is 77.1 Å². The molecule has 3 aromatic carbocycles. The molecule has 0 saturated heterocycles. The lowest BCUT2D eigenvalue weighted by Gasteiger charge is -2.20. The van der Waals surface area contributed by atoms with Crippen molar-refractivity contribution in [3.8, 4) is 17.2 Å². The molecule has 2 amide bonds. The fourth-order valence-corrected chi connectivity index (χ4v) is 3.52. The van der Waals surface area contributed by atoms with Crippen LogP contribution in [0.1, 0.15) is 0 Å². The first-order valence-electron chi connectivity index (χ1n) is 8.81. The Bertz CT molecular complexity index is 951. The van der Waals surface area contributed by atoms with Gasteiger partial charge >= 0.3 is 13.9 Å². The minimum atomic E-state index is -4.08. The Labute approximate surface area is 169 Å². The van der Waals surface area contributed by atoms with Gasteiger partial charge < -0.3 is 23.8 Å². The molecule has 0 aliphatic carbocycles. The van der Waals surface area contributed by atoms with Crippen LogP contribution in [0.25, 0.3) is 0 Å². The van der Waals surface area contributed by atoms with E-state index in [1.807, 2.05) is 12.1 Å². The molecule has 0 aliphatic heterocycles. The third-order valence-corrected chi connectivity index (χ3v) is 4.93. The molecule has 0 fully saturated rings. The summed E-state index contributed by atoms with van der Waals surface area (Å²) in [5.41, 5.74) is 0.479. The Morgan fingerprint density at radius 2 is 1.24 bits per heavy atom. The highest BCUT2D eigenvalue weighted by Gasteiger charge is 2.33. The van der Waals surface area contributed by atoms with E-state index in [4.69, 9.17) is 13.6 Å². The normalized spacial score (nSPS) is 10.7. The molecule has 0 unspecified atom stereocenters. The van der Waals surface area contributed by atoms with E-state index in [9.17, 15) is 9.36 Å². The summed E-state index contributed by atoms with van der Waals surface area (Å²) in [5.74, 6) is 0.893. The molecule has 0 aliphatic rings. The van der Waals surface area contributed by atoms with Gasteiger partial charge in [0.05, 0.1) is 0 Å². The van der Waals surface area contributed by atoms with Gasteiger partial charge in [0.25, 0.3) is 0 Å². The molecule has 0 saturated carbocycles. The zero-order valence-corrected chi connectivity index (χ0v) is 16.9. The van der Waals surface area contributed by atoms with E-state index in [1.54, 1.807) is 80.8 Å². The lowest BCUT2D eigenvalue weighted by Crippen LogP contribution is -2.27. The van der Waals surface area contributed by atoms with Crippen molar-refractivity contribution in [2.75, 3.05) is 19.4 Å². The first kappa shape index (κ1) is 20.3. The van der Waals surface area contributed by atoms with Crippen LogP contribution in [0.4, 0.5) is 10.5 Å². The van der Waals surface area contributed by atoms with Gasteiger partial charge in [0.2, 0.25) is 0 Å². The van der Waals surface area contributed by atoms with Crippen molar-refractivity contribution in [2.24, 2.45) is 0 Å². The summed E-state index contributed by atoms with van der Waals surface area (Å²) in [6.07, 6.45) is 0. The second-order valence-corrected chi connectivity index (χ2v) is 7.64. The Hall–Kier alpha value is -3.44. The van der Waals surface area contributed by atoms with Gasteiger partial charge in [-0.2, -0.15) is 4.57 Å². The molecule has 0 radical (unpaired) electrons. The number of phosphoric acid groups is 1. The summed E-state index contributed by atoms with van der Waals surface area (Å²) in [6.45, 7) is 0. The predicted octanol–water partition coefficient (Wildman–Crippen LogP) is 5.43. The van der Waals surface area contributed by atoms with E-state index in [0.717, 1.165) is 0 Å². The number of carbonyl (C=O) groups excluding carboxylic acids is 1. The highest BCUT2D eigenvalue weighted by atomic mass is 31.2. The van der Waals surface area contributed by atoms with Crippen LogP contribution in [0.5, 0.6) is 17.2 Å². The molecule has 3 aromatic rings. The molecule has 150 valence electrons. The summed E-state index contributed by atoms with van der Waals surface area (Å²) < 4.78 is 30.2. The van der Waals surface area contributed by atoms with Crippen molar-refractivity contribution in [1.82, 2.24) is 4.90 Å². The monoisotopic (exact) mass is 412 g/mol. The fourth-order valence-electron chi connectivity index (χ4n) is 2.27. The molecule has 0 atom stereocenters. The lowest BCUT2D eigenvalue weighted by molar-refractivity contribution is 0.230. The van der Waals surface area contributed by atoms with E-state index >= 15 is 0 Å². The molecule has 7 nitrogen and oxygen atoms in total. The van der Waals surface area contributed by atoms with Crippen LogP contribution in [0.2, 0.25) is 0 Å². The smallest absolute Gasteiger partial charge is 0.386 e. The number of nitrogens with one attached hydrogen (secondary N) is 1. The zero-order valence-electron chi connectivity index (χ0n) is 16.0. The Kier molecular flexibility index (Phi) is 6.42. The van der Waals surface area contributed by atoms with Crippen LogP contribution < -0.4 is 18.9 Å². The van der Waals surface area contributed by atoms with E-state index in [0.29, 0.717) is 17.2 Å². The third-order valence-electron chi connectivity index (χ3n) is 3.63. The van der Waals surface area contributed by atoms with Gasteiger partial charge in [-0.25, -0.2) is 4.79 Å². The number of amides is 2. The Balaban J connectivity index is 1.85. The van der Waals surface area contributed by atoms with Gasteiger partial charge in [0, 0.05) is 25.8 Å². The van der Waals surface area contributed by atoms with E-state index in [2.05, 4.69) is 5.32 Å². The second kappa shape index (κ2) is 9.17. The van der Waals surface area contributed by atoms with Crippen molar-refractivity contribution in [1.29, 1.82) is 0 Å². The maximum atomic E-state index is 13.4. The van der Waals surface area contributed by atoms with Crippen LogP contribution >= 0.6 is 7.82 Å². The SMILES string of the molecule is CN(C)C(=O)Nc1cccc(OP(=O)(Oc2ccccc2)Oc2ccccc2)c1. The van der Waals surface area contributed by atoms with E-state index in [-0.39, 0.29) is 11.8 Å². The second-order valence-electron chi connectivity index (χ2n) is 6.20. The summed E-state index contributed by atoms with van der Waals surface area (Å²) in [4.78, 5) is 13.3. The van der Waals surface area contributed by atoms with E-state index < -0.39 is 7.82 Å².